The Morgan fingerprint density at radius 1 is 1.37 bits per heavy atom. The van der Waals surface area contributed by atoms with E-state index in [1.165, 1.54) is 17.0 Å². The van der Waals surface area contributed by atoms with Gasteiger partial charge in [0.15, 0.2) is 6.04 Å². The van der Waals surface area contributed by atoms with Gasteiger partial charge >= 0.3 is 0 Å². The summed E-state index contributed by atoms with van der Waals surface area (Å²) < 4.78 is 19.5. The minimum Gasteiger partial charge on any atom is -0.370 e. The normalized spacial score (nSPS) is 16.1. The van der Waals surface area contributed by atoms with Gasteiger partial charge in [0.05, 0.1) is 12.3 Å². The van der Waals surface area contributed by atoms with Gasteiger partial charge in [-0.25, -0.2) is 4.39 Å². The van der Waals surface area contributed by atoms with Gasteiger partial charge in [-0.2, -0.15) is 0 Å². The Balaban J connectivity index is 2.10. The van der Waals surface area contributed by atoms with Crippen LogP contribution >= 0.6 is 0 Å². The van der Waals surface area contributed by atoms with Crippen molar-refractivity contribution in [2.45, 2.75) is 26.8 Å². The van der Waals surface area contributed by atoms with Crippen LogP contribution in [-0.4, -0.2) is 50.1 Å². The van der Waals surface area contributed by atoms with Crippen LogP contribution < -0.4 is 21.3 Å². The number of carbonyl (C=O) groups excluding carboxylic acids is 3. The van der Waals surface area contributed by atoms with E-state index in [1.807, 2.05) is 20.8 Å². The molecule has 1 saturated heterocycles. The summed E-state index contributed by atoms with van der Waals surface area (Å²) in [7, 11) is 0. The molecule has 0 radical (unpaired) electrons. The molecule has 0 unspecified atom stereocenters. The molecule has 1 atom stereocenters. The zero-order valence-corrected chi connectivity index (χ0v) is 15.7. The highest BCUT2D eigenvalue weighted by atomic mass is 19.1. The first-order valence-electron chi connectivity index (χ1n) is 8.60. The predicted molar refractivity (Wildman–Crippen MR) is 98.6 cm³/mol. The number of benzene rings is 1. The van der Waals surface area contributed by atoms with Gasteiger partial charge in [-0.05, 0) is 23.6 Å². The molecule has 0 saturated carbocycles. The molecule has 1 aromatic carbocycles. The molecule has 1 heterocycles. The molecular formula is C18H25FN4O4. The van der Waals surface area contributed by atoms with Gasteiger partial charge in [-0.1, -0.05) is 20.8 Å². The van der Waals surface area contributed by atoms with Crippen molar-refractivity contribution in [3.8, 4) is 0 Å². The third-order valence-electron chi connectivity index (χ3n) is 3.89. The molecule has 1 aliphatic heterocycles. The Labute approximate surface area is 157 Å². The first-order valence-corrected chi connectivity index (χ1v) is 8.60. The van der Waals surface area contributed by atoms with E-state index in [0.717, 1.165) is 6.07 Å². The number of amides is 3. The maximum Gasteiger partial charge on any atom is 0.253 e. The number of hydrogen-bond donors (Lipinski definition) is 3. The Morgan fingerprint density at radius 3 is 2.63 bits per heavy atom. The smallest absolute Gasteiger partial charge is 0.253 e. The summed E-state index contributed by atoms with van der Waals surface area (Å²) in [6, 6.07) is 2.72. The summed E-state index contributed by atoms with van der Waals surface area (Å²) >= 11 is 0. The highest BCUT2D eigenvalue weighted by Crippen LogP contribution is 2.23. The Bertz CT molecular complexity index is 733. The first kappa shape index (κ1) is 20.8. The van der Waals surface area contributed by atoms with Crippen LogP contribution in [0.3, 0.4) is 0 Å². The van der Waals surface area contributed by atoms with E-state index >= 15 is 0 Å². The van der Waals surface area contributed by atoms with Crippen LogP contribution in [-0.2, 0) is 19.1 Å². The fourth-order valence-corrected chi connectivity index (χ4v) is 2.50. The van der Waals surface area contributed by atoms with E-state index in [-0.39, 0.29) is 23.6 Å². The lowest BCUT2D eigenvalue weighted by Crippen LogP contribution is -2.51. The second-order valence-corrected chi connectivity index (χ2v) is 7.53. The van der Waals surface area contributed by atoms with E-state index in [2.05, 4.69) is 10.6 Å². The van der Waals surface area contributed by atoms with Crippen LogP contribution in [0.5, 0.6) is 0 Å². The van der Waals surface area contributed by atoms with Crippen molar-refractivity contribution in [1.29, 1.82) is 0 Å². The molecule has 4 N–H and O–H groups in total. The van der Waals surface area contributed by atoms with E-state index in [0.29, 0.717) is 25.4 Å². The predicted octanol–water partition coefficient (Wildman–Crippen LogP) is 0.617. The highest BCUT2D eigenvalue weighted by Gasteiger charge is 2.27. The average Bonchev–Trinajstić information content (AvgIpc) is 2.56. The van der Waals surface area contributed by atoms with Crippen LogP contribution in [0.4, 0.5) is 15.8 Å². The van der Waals surface area contributed by atoms with Crippen molar-refractivity contribution in [1.82, 2.24) is 5.32 Å². The fourth-order valence-electron chi connectivity index (χ4n) is 2.50. The van der Waals surface area contributed by atoms with E-state index < -0.39 is 23.7 Å². The third-order valence-corrected chi connectivity index (χ3v) is 3.89. The summed E-state index contributed by atoms with van der Waals surface area (Å²) in [6.45, 7) is 6.80. The number of nitrogens with zero attached hydrogens (tertiary/aromatic N) is 1. The molecule has 0 aliphatic carbocycles. The average molecular weight is 380 g/mol. The molecule has 3 amide bonds. The lowest BCUT2D eigenvalue weighted by Gasteiger charge is -2.27. The highest BCUT2D eigenvalue weighted by molar-refractivity contribution is 6.09. The Hall–Kier alpha value is -2.52. The second kappa shape index (κ2) is 8.45. The second-order valence-electron chi connectivity index (χ2n) is 7.53. The summed E-state index contributed by atoms with van der Waals surface area (Å²) in [5.74, 6) is -2.59. The summed E-state index contributed by atoms with van der Waals surface area (Å²) in [4.78, 5) is 37.2. The van der Waals surface area contributed by atoms with Gasteiger partial charge in [0.1, 0.15) is 12.4 Å². The molecule has 8 nitrogen and oxygen atoms in total. The summed E-state index contributed by atoms with van der Waals surface area (Å²) in [5.41, 5.74) is 5.38. The number of anilines is 2. The monoisotopic (exact) mass is 380 g/mol. The van der Waals surface area contributed by atoms with E-state index in [1.54, 1.807) is 0 Å². The molecule has 2 rings (SSSR count). The molecule has 0 bridgehead atoms. The van der Waals surface area contributed by atoms with Crippen LogP contribution in [0, 0.1) is 11.2 Å². The summed E-state index contributed by atoms with van der Waals surface area (Å²) in [6.07, 6.45) is 0. The quantitative estimate of drug-likeness (QED) is 0.626. The maximum absolute atomic E-state index is 14.4. The molecule has 27 heavy (non-hydrogen) atoms. The number of ether oxygens (including phenoxy) is 1. The number of hydrogen-bond acceptors (Lipinski definition) is 5. The number of halogens is 1. The topological polar surface area (TPSA) is 114 Å². The number of nitrogens with one attached hydrogen (secondary N) is 2. The molecular weight excluding hydrogens is 355 g/mol. The molecule has 1 aromatic rings. The molecule has 148 valence electrons. The van der Waals surface area contributed by atoms with Gasteiger partial charge in [0.2, 0.25) is 5.91 Å². The number of carbonyl (C=O) groups is 3. The van der Waals surface area contributed by atoms with Gasteiger partial charge in [0, 0.05) is 18.8 Å². The summed E-state index contributed by atoms with van der Waals surface area (Å²) in [5, 5.41) is 5.16. The van der Waals surface area contributed by atoms with Crippen molar-refractivity contribution < 1.29 is 23.5 Å². The fraction of sp³-hybridized carbons (Fsp3) is 0.500. The van der Waals surface area contributed by atoms with Crippen LogP contribution in [0.25, 0.3) is 0 Å². The van der Waals surface area contributed by atoms with Crippen molar-refractivity contribution in [2.24, 2.45) is 11.1 Å². The zero-order chi connectivity index (χ0) is 20.2. The lowest BCUT2D eigenvalue weighted by atomic mass is 9.96. The standard InChI is InChI=1S/C18H25FN4O4/c1-18(2,3)10-21-15(16(20)25)17(26)22-13-5-4-11(8-12(13)19)23-6-7-27-9-14(23)24/h4-5,8,15,21H,6-7,9-10H2,1-3H3,(H2,20,25)(H,22,26)/t15-/m0/s1. The number of morpholine rings is 1. The lowest BCUT2D eigenvalue weighted by molar-refractivity contribution is -0.128. The molecule has 0 aromatic heterocycles. The van der Waals surface area contributed by atoms with Crippen molar-refractivity contribution in [3.63, 3.8) is 0 Å². The molecule has 0 spiro atoms. The van der Waals surface area contributed by atoms with Crippen LogP contribution in [0.2, 0.25) is 0 Å². The van der Waals surface area contributed by atoms with Gasteiger partial charge < -0.3 is 20.7 Å². The third kappa shape index (κ3) is 5.73. The minimum absolute atomic E-state index is 0.0557. The Kier molecular flexibility index (Phi) is 6.50. The number of nitrogens with two attached hydrogens (primary N) is 1. The number of rotatable bonds is 6. The molecule has 9 heteroatoms. The van der Waals surface area contributed by atoms with Gasteiger partial charge in [-0.15, -0.1) is 0 Å². The SMILES string of the molecule is CC(C)(C)CN[C@@H](C(N)=O)C(=O)Nc1ccc(N2CCOCC2=O)cc1F. The van der Waals surface area contributed by atoms with Gasteiger partial charge in [0.25, 0.3) is 11.8 Å². The van der Waals surface area contributed by atoms with Crippen LogP contribution in [0.15, 0.2) is 18.2 Å². The van der Waals surface area contributed by atoms with Crippen molar-refractivity contribution in [2.75, 3.05) is 36.5 Å². The van der Waals surface area contributed by atoms with Crippen LogP contribution in [0.1, 0.15) is 20.8 Å². The zero-order valence-electron chi connectivity index (χ0n) is 15.7. The van der Waals surface area contributed by atoms with E-state index in [9.17, 15) is 18.8 Å². The molecule has 1 aliphatic rings. The van der Waals surface area contributed by atoms with Gasteiger partial charge in [-0.3, -0.25) is 19.7 Å². The largest absolute Gasteiger partial charge is 0.370 e. The number of primary amides is 1. The molecule has 1 fully saturated rings. The minimum atomic E-state index is -1.29. The maximum atomic E-state index is 14.4. The first-order chi connectivity index (χ1) is 12.6. The van der Waals surface area contributed by atoms with Crippen molar-refractivity contribution in [3.05, 3.63) is 24.0 Å². The van der Waals surface area contributed by atoms with Crippen molar-refractivity contribution >= 4 is 29.1 Å². The van der Waals surface area contributed by atoms with E-state index in [4.69, 9.17) is 10.5 Å². The Morgan fingerprint density at radius 2 is 2.07 bits per heavy atom.